The number of nitrogen functional groups attached to an aromatic ring is 1. The molecule has 2 saturated heterocycles. The topological polar surface area (TPSA) is 50.3 Å². The number of hydrogen-bond acceptors (Lipinski definition) is 4. The van der Waals surface area contributed by atoms with E-state index in [1.807, 2.05) is 11.7 Å². The van der Waals surface area contributed by atoms with Crippen LogP contribution in [0, 0.1) is 0 Å². The lowest BCUT2D eigenvalue weighted by atomic mass is 9.99. The highest BCUT2D eigenvalue weighted by molar-refractivity contribution is 5.67. The summed E-state index contributed by atoms with van der Waals surface area (Å²) in [5, 5.41) is 4.63. The van der Waals surface area contributed by atoms with E-state index in [4.69, 9.17) is 5.73 Å². The number of aromatic nitrogens is 2. The molecule has 2 N–H and O–H groups in total. The van der Waals surface area contributed by atoms with Crippen molar-refractivity contribution in [2.45, 2.75) is 45.1 Å². The zero-order valence-corrected chi connectivity index (χ0v) is 13.0. The molecule has 1 unspecified atom stereocenters. The Kier molecular flexibility index (Phi) is 3.63. The molecule has 5 nitrogen and oxygen atoms in total. The summed E-state index contributed by atoms with van der Waals surface area (Å²) < 4.78 is 1.98. The Bertz CT molecular complexity index is 479. The van der Waals surface area contributed by atoms with E-state index in [0.717, 1.165) is 36.8 Å². The molecule has 112 valence electrons. The predicted octanol–water partition coefficient (Wildman–Crippen LogP) is 1.80. The van der Waals surface area contributed by atoms with Crippen molar-refractivity contribution in [2.75, 3.05) is 36.8 Å². The SMILES string of the molecule is CC(C)c1nn(C)c(N2CCN3CCCCC3C2)c1N. The van der Waals surface area contributed by atoms with Crippen molar-refractivity contribution in [3.63, 3.8) is 0 Å². The summed E-state index contributed by atoms with van der Waals surface area (Å²) in [4.78, 5) is 5.09. The maximum absolute atomic E-state index is 6.37. The molecule has 0 aromatic carbocycles. The Balaban J connectivity index is 1.83. The molecular weight excluding hydrogens is 250 g/mol. The molecule has 1 aromatic rings. The van der Waals surface area contributed by atoms with Gasteiger partial charge in [0.25, 0.3) is 0 Å². The maximum atomic E-state index is 6.37. The van der Waals surface area contributed by atoms with Crippen LogP contribution in [0.1, 0.15) is 44.7 Å². The van der Waals surface area contributed by atoms with Crippen LogP contribution in [0.15, 0.2) is 0 Å². The molecule has 5 heteroatoms. The van der Waals surface area contributed by atoms with Gasteiger partial charge in [-0.3, -0.25) is 9.58 Å². The van der Waals surface area contributed by atoms with Crippen LogP contribution in [0.4, 0.5) is 11.5 Å². The molecule has 0 amide bonds. The minimum Gasteiger partial charge on any atom is -0.394 e. The van der Waals surface area contributed by atoms with Crippen molar-refractivity contribution < 1.29 is 0 Å². The van der Waals surface area contributed by atoms with Crippen molar-refractivity contribution in [1.82, 2.24) is 14.7 Å². The summed E-state index contributed by atoms with van der Waals surface area (Å²) in [6.45, 7) is 8.91. The fourth-order valence-corrected chi connectivity index (χ4v) is 3.70. The van der Waals surface area contributed by atoms with Gasteiger partial charge in [-0.1, -0.05) is 20.3 Å². The summed E-state index contributed by atoms with van der Waals surface area (Å²) in [6, 6.07) is 0.703. The quantitative estimate of drug-likeness (QED) is 0.895. The molecule has 1 atom stereocenters. The van der Waals surface area contributed by atoms with E-state index < -0.39 is 0 Å². The van der Waals surface area contributed by atoms with Gasteiger partial charge < -0.3 is 10.6 Å². The number of fused-ring (bicyclic) bond motifs is 1. The van der Waals surface area contributed by atoms with Gasteiger partial charge in [-0.05, 0) is 25.3 Å². The summed E-state index contributed by atoms with van der Waals surface area (Å²) >= 11 is 0. The number of piperidine rings is 1. The highest BCUT2D eigenvalue weighted by Gasteiger charge is 2.31. The number of aryl methyl sites for hydroxylation is 1. The van der Waals surface area contributed by atoms with Crippen molar-refractivity contribution in [3.8, 4) is 0 Å². The fourth-order valence-electron chi connectivity index (χ4n) is 3.70. The Morgan fingerprint density at radius 2 is 2.00 bits per heavy atom. The van der Waals surface area contributed by atoms with Crippen LogP contribution in [0.25, 0.3) is 0 Å². The Labute approximate surface area is 121 Å². The number of rotatable bonds is 2. The van der Waals surface area contributed by atoms with Gasteiger partial charge in [0.2, 0.25) is 0 Å². The van der Waals surface area contributed by atoms with E-state index in [0.29, 0.717) is 12.0 Å². The summed E-state index contributed by atoms with van der Waals surface area (Å²) in [5.41, 5.74) is 8.28. The van der Waals surface area contributed by atoms with Crippen LogP contribution in [-0.2, 0) is 7.05 Å². The zero-order chi connectivity index (χ0) is 14.3. The highest BCUT2D eigenvalue weighted by Crippen LogP contribution is 2.33. The first-order chi connectivity index (χ1) is 9.58. The second kappa shape index (κ2) is 5.28. The number of nitrogens with two attached hydrogens (primary N) is 1. The molecule has 3 rings (SSSR count). The molecule has 0 radical (unpaired) electrons. The molecule has 2 aliphatic rings. The van der Waals surface area contributed by atoms with Crippen molar-refractivity contribution in [1.29, 1.82) is 0 Å². The average Bonchev–Trinajstić information content (AvgIpc) is 2.74. The predicted molar refractivity (Wildman–Crippen MR) is 83.1 cm³/mol. The van der Waals surface area contributed by atoms with Crippen LogP contribution >= 0.6 is 0 Å². The van der Waals surface area contributed by atoms with Crippen molar-refractivity contribution >= 4 is 11.5 Å². The summed E-state index contributed by atoms with van der Waals surface area (Å²) in [5.74, 6) is 1.50. The van der Waals surface area contributed by atoms with Gasteiger partial charge >= 0.3 is 0 Å². The van der Waals surface area contributed by atoms with Gasteiger partial charge in [0.05, 0.1) is 11.4 Å². The van der Waals surface area contributed by atoms with E-state index in [2.05, 4.69) is 28.7 Å². The average molecular weight is 277 g/mol. The Morgan fingerprint density at radius 3 is 2.70 bits per heavy atom. The zero-order valence-electron chi connectivity index (χ0n) is 13.0. The van der Waals surface area contributed by atoms with Gasteiger partial charge in [0.15, 0.2) is 5.82 Å². The highest BCUT2D eigenvalue weighted by atomic mass is 15.4. The molecule has 0 spiro atoms. The largest absolute Gasteiger partial charge is 0.394 e. The number of piperazine rings is 1. The van der Waals surface area contributed by atoms with Crippen molar-refractivity contribution in [3.05, 3.63) is 5.69 Å². The lowest BCUT2D eigenvalue weighted by molar-refractivity contribution is 0.133. The minimum atomic E-state index is 0.380. The van der Waals surface area contributed by atoms with Gasteiger partial charge in [-0.2, -0.15) is 5.10 Å². The van der Waals surface area contributed by atoms with Crippen LogP contribution < -0.4 is 10.6 Å². The first-order valence-corrected chi connectivity index (χ1v) is 7.89. The van der Waals surface area contributed by atoms with Gasteiger partial charge in [0, 0.05) is 32.7 Å². The lowest BCUT2D eigenvalue weighted by Crippen LogP contribution is -2.55. The molecule has 1 aromatic heterocycles. The molecule has 2 aliphatic heterocycles. The first-order valence-electron chi connectivity index (χ1n) is 7.89. The van der Waals surface area contributed by atoms with E-state index in [-0.39, 0.29) is 0 Å². The second-order valence-electron chi connectivity index (χ2n) is 6.53. The maximum Gasteiger partial charge on any atom is 0.150 e. The van der Waals surface area contributed by atoms with Gasteiger partial charge in [0.1, 0.15) is 0 Å². The monoisotopic (exact) mass is 277 g/mol. The second-order valence-corrected chi connectivity index (χ2v) is 6.53. The first kappa shape index (κ1) is 13.7. The van der Waals surface area contributed by atoms with Gasteiger partial charge in [-0.15, -0.1) is 0 Å². The molecule has 0 bridgehead atoms. The molecule has 20 heavy (non-hydrogen) atoms. The molecular formula is C15H27N5. The summed E-state index contributed by atoms with van der Waals surface area (Å²) in [6.07, 6.45) is 4.06. The smallest absolute Gasteiger partial charge is 0.150 e. The Hall–Kier alpha value is -1.23. The van der Waals surface area contributed by atoms with E-state index >= 15 is 0 Å². The Morgan fingerprint density at radius 1 is 1.20 bits per heavy atom. The molecule has 3 heterocycles. The third-order valence-electron chi connectivity index (χ3n) is 4.76. The normalized spacial score (nSPS) is 24.2. The number of hydrogen-bond donors (Lipinski definition) is 1. The van der Waals surface area contributed by atoms with Gasteiger partial charge in [-0.25, -0.2) is 0 Å². The molecule has 0 saturated carbocycles. The lowest BCUT2D eigenvalue weighted by Gasteiger charge is -2.44. The van der Waals surface area contributed by atoms with Crippen LogP contribution in [0.3, 0.4) is 0 Å². The standard InChI is InChI=1S/C15H27N5/c1-11(2)14-13(16)15(18(3)17-14)20-9-8-19-7-5-4-6-12(19)10-20/h11-12H,4-10,16H2,1-3H3. The minimum absolute atomic E-state index is 0.380. The van der Waals surface area contributed by atoms with Crippen LogP contribution in [-0.4, -0.2) is 46.9 Å². The van der Waals surface area contributed by atoms with Crippen LogP contribution in [0.2, 0.25) is 0 Å². The van der Waals surface area contributed by atoms with Crippen molar-refractivity contribution in [2.24, 2.45) is 7.05 Å². The van der Waals surface area contributed by atoms with Crippen LogP contribution in [0.5, 0.6) is 0 Å². The third-order valence-corrected chi connectivity index (χ3v) is 4.76. The van der Waals surface area contributed by atoms with E-state index in [1.54, 1.807) is 0 Å². The van der Waals surface area contributed by atoms with E-state index in [9.17, 15) is 0 Å². The van der Waals surface area contributed by atoms with E-state index in [1.165, 1.54) is 25.8 Å². The fraction of sp³-hybridized carbons (Fsp3) is 0.800. The third kappa shape index (κ3) is 2.28. The molecule has 0 aliphatic carbocycles. The number of nitrogens with zero attached hydrogens (tertiary/aromatic N) is 4. The summed E-state index contributed by atoms with van der Waals surface area (Å²) in [7, 11) is 2.02. The number of anilines is 2. The molecule has 2 fully saturated rings.